The van der Waals surface area contributed by atoms with Gasteiger partial charge >= 0.3 is 0 Å². The molecule has 6 heteroatoms. The molecule has 0 heterocycles. The van der Waals surface area contributed by atoms with Gasteiger partial charge in [0.2, 0.25) is 0 Å². The predicted octanol–water partition coefficient (Wildman–Crippen LogP) is 3.92. The maximum Gasteiger partial charge on any atom is 0.288 e. The Kier molecular flexibility index (Phi) is 7.25. The zero-order valence-corrected chi connectivity index (χ0v) is 12.0. The van der Waals surface area contributed by atoms with Crippen LogP contribution in [0.5, 0.6) is 0 Å². The van der Waals surface area contributed by atoms with Gasteiger partial charge in [-0.15, -0.1) is 6.58 Å². The van der Waals surface area contributed by atoms with Gasteiger partial charge in [0.15, 0.2) is 0 Å². The maximum atomic E-state index is 12.4. The molecule has 1 N–H and O–H groups in total. The zero-order chi connectivity index (χ0) is 15.0. The van der Waals surface area contributed by atoms with Crippen molar-refractivity contribution in [1.82, 2.24) is 0 Å². The average Bonchev–Trinajstić information content (AvgIpc) is 2.40. The second-order valence-electron chi connectivity index (χ2n) is 3.95. The highest BCUT2D eigenvalue weighted by atomic mass is 32.2. The molecule has 1 atom stereocenters. The van der Waals surface area contributed by atoms with Gasteiger partial charge in [0.05, 0.1) is 12.3 Å². The predicted molar refractivity (Wildman–Crippen MR) is 77.2 cm³/mol. The van der Waals surface area contributed by atoms with Crippen LogP contribution in [-0.2, 0) is 9.53 Å². The second-order valence-corrected chi connectivity index (χ2v) is 4.99. The fraction of sp³-hybridized carbons (Fsp3) is 0.357. The van der Waals surface area contributed by atoms with E-state index in [-0.39, 0.29) is 5.91 Å². The molecule has 0 fully saturated rings. The summed E-state index contributed by atoms with van der Waals surface area (Å²) in [5.41, 5.74) is 0.363. The molecular formula is C14H17F2NO2S. The number of nitrogens with one attached hydrogen (secondary N) is 1. The van der Waals surface area contributed by atoms with Gasteiger partial charge in [-0.1, -0.05) is 30.0 Å². The van der Waals surface area contributed by atoms with Gasteiger partial charge in [-0.25, -0.2) is 0 Å². The summed E-state index contributed by atoms with van der Waals surface area (Å²) in [6.07, 6.45) is 1.69. The molecule has 0 aliphatic rings. The molecule has 0 spiro atoms. The monoisotopic (exact) mass is 301 g/mol. The molecule has 3 nitrogen and oxygen atoms in total. The van der Waals surface area contributed by atoms with Gasteiger partial charge in [0.1, 0.15) is 6.10 Å². The summed E-state index contributed by atoms with van der Waals surface area (Å²) in [5, 5.41) is 2.60. The minimum atomic E-state index is -2.53. The third-order valence-corrected chi connectivity index (χ3v) is 3.21. The maximum absolute atomic E-state index is 12.4. The fourth-order valence-corrected chi connectivity index (χ4v) is 2.00. The van der Waals surface area contributed by atoms with Crippen LogP contribution >= 0.6 is 11.8 Å². The topological polar surface area (TPSA) is 38.3 Å². The van der Waals surface area contributed by atoms with Crippen molar-refractivity contribution < 1.29 is 18.3 Å². The molecule has 1 unspecified atom stereocenters. The molecule has 0 saturated carbocycles. The number of anilines is 1. The van der Waals surface area contributed by atoms with Crippen LogP contribution in [0, 0.1) is 0 Å². The molecule has 0 saturated heterocycles. The van der Waals surface area contributed by atoms with Crippen molar-refractivity contribution in [1.29, 1.82) is 0 Å². The highest BCUT2D eigenvalue weighted by Gasteiger charge is 2.16. The van der Waals surface area contributed by atoms with Crippen LogP contribution < -0.4 is 5.32 Å². The average molecular weight is 301 g/mol. The molecule has 0 bridgehead atoms. The number of para-hydroxylation sites is 1. The molecule has 1 aromatic carbocycles. The summed E-state index contributed by atoms with van der Waals surface area (Å²) >= 11 is 0.398. The van der Waals surface area contributed by atoms with Gasteiger partial charge in [-0.05, 0) is 25.5 Å². The van der Waals surface area contributed by atoms with Crippen molar-refractivity contribution in [3.05, 3.63) is 36.9 Å². The van der Waals surface area contributed by atoms with Crippen molar-refractivity contribution in [3.63, 3.8) is 0 Å². The number of carbonyl (C=O) groups excluding carboxylic acids is 1. The SMILES string of the molecule is C=CCCOC(C)C(=O)Nc1ccccc1SC(F)F. The van der Waals surface area contributed by atoms with Gasteiger partial charge in [-0.3, -0.25) is 4.79 Å². The number of rotatable bonds is 8. The summed E-state index contributed by atoms with van der Waals surface area (Å²) in [6, 6.07) is 6.44. The first kappa shape index (κ1) is 16.7. The van der Waals surface area contributed by atoms with Crippen LogP contribution in [0.25, 0.3) is 0 Å². The van der Waals surface area contributed by atoms with E-state index in [2.05, 4.69) is 11.9 Å². The van der Waals surface area contributed by atoms with Gasteiger partial charge in [-0.2, -0.15) is 8.78 Å². The summed E-state index contributed by atoms with van der Waals surface area (Å²) in [7, 11) is 0. The zero-order valence-electron chi connectivity index (χ0n) is 11.1. The Hall–Kier alpha value is -1.40. The van der Waals surface area contributed by atoms with Gasteiger partial charge in [0, 0.05) is 4.90 Å². The molecule has 1 aromatic rings. The number of benzene rings is 1. The summed E-state index contributed by atoms with van der Waals surface area (Å²) in [4.78, 5) is 12.2. The highest BCUT2D eigenvalue weighted by molar-refractivity contribution is 7.99. The fourth-order valence-electron chi connectivity index (χ4n) is 1.41. The van der Waals surface area contributed by atoms with Crippen molar-refractivity contribution in [2.75, 3.05) is 11.9 Å². The Labute approximate surface area is 121 Å². The third kappa shape index (κ3) is 5.71. The first-order valence-electron chi connectivity index (χ1n) is 6.11. The lowest BCUT2D eigenvalue weighted by atomic mass is 10.3. The van der Waals surface area contributed by atoms with Crippen LogP contribution in [0.2, 0.25) is 0 Å². The van der Waals surface area contributed by atoms with E-state index < -0.39 is 11.9 Å². The molecule has 0 aromatic heterocycles. The minimum Gasteiger partial charge on any atom is -0.368 e. The van der Waals surface area contributed by atoms with Crippen LogP contribution in [0.4, 0.5) is 14.5 Å². The smallest absolute Gasteiger partial charge is 0.288 e. The van der Waals surface area contributed by atoms with Crippen molar-refractivity contribution in [2.45, 2.75) is 30.1 Å². The molecule has 0 radical (unpaired) electrons. The second kappa shape index (κ2) is 8.71. The number of carbonyl (C=O) groups is 1. The van der Waals surface area contributed by atoms with Crippen molar-refractivity contribution >= 4 is 23.4 Å². The Morgan fingerprint density at radius 2 is 2.20 bits per heavy atom. The van der Waals surface area contributed by atoms with Crippen molar-refractivity contribution in [2.24, 2.45) is 0 Å². The number of hydrogen-bond donors (Lipinski definition) is 1. The van der Waals surface area contributed by atoms with Gasteiger partial charge < -0.3 is 10.1 Å². The van der Waals surface area contributed by atoms with E-state index in [1.807, 2.05) is 0 Å². The van der Waals surface area contributed by atoms with E-state index in [1.165, 1.54) is 6.07 Å². The standard InChI is InChI=1S/C14H17F2NO2S/c1-3-4-9-19-10(2)13(18)17-11-7-5-6-8-12(11)20-14(15)16/h3,5-8,10,14H,1,4,9H2,2H3,(H,17,18). The van der Waals surface area contributed by atoms with E-state index in [0.29, 0.717) is 35.4 Å². The molecular weight excluding hydrogens is 284 g/mol. The quantitative estimate of drug-likeness (QED) is 0.449. The van der Waals surface area contributed by atoms with Crippen molar-refractivity contribution in [3.8, 4) is 0 Å². The molecule has 0 aliphatic heterocycles. The molecule has 1 amide bonds. The van der Waals surface area contributed by atoms with Gasteiger partial charge in [0.25, 0.3) is 11.7 Å². The van der Waals surface area contributed by atoms with E-state index in [0.717, 1.165) is 0 Å². The molecule has 1 rings (SSSR count). The molecule has 110 valence electrons. The lowest BCUT2D eigenvalue weighted by Crippen LogP contribution is -2.28. The Balaban J connectivity index is 2.63. The third-order valence-electron chi connectivity index (χ3n) is 2.42. The summed E-state index contributed by atoms with van der Waals surface area (Å²) in [5.74, 6) is -2.90. The van der Waals surface area contributed by atoms with E-state index in [1.54, 1.807) is 31.2 Å². The number of ether oxygens (including phenoxy) is 1. The molecule has 20 heavy (non-hydrogen) atoms. The number of thioether (sulfide) groups is 1. The summed E-state index contributed by atoms with van der Waals surface area (Å²) < 4.78 is 30.1. The number of alkyl halides is 2. The normalized spacial score (nSPS) is 12.2. The highest BCUT2D eigenvalue weighted by Crippen LogP contribution is 2.31. The van der Waals surface area contributed by atoms with E-state index in [9.17, 15) is 13.6 Å². The first-order valence-corrected chi connectivity index (χ1v) is 6.99. The minimum absolute atomic E-state index is 0.328. The Morgan fingerprint density at radius 3 is 2.85 bits per heavy atom. The number of amides is 1. The largest absolute Gasteiger partial charge is 0.368 e. The van der Waals surface area contributed by atoms with Crippen LogP contribution in [0.3, 0.4) is 0 Å². The molecule has 0 aliphatic carbocycles. The van der Waals surface area contributed by atoms with E-state index in [4.69, 9.17) is 4.74 Å². The lowest BCUT2D eigenvalue weighted by molar-refractivity contribution is -0.126. The first-order chi connectivity index (χ1) is 9.54. The number of hydrogen-bond acceptors (Lipinski definition) is 3. The number of halogens is 2. The van der Waals surface area contributed by atoms with Crippen LogP contribution in [0.15, 0.2) is 41.8 Å². The lowest BCUT2D eigenvalue weighted by Gasteiger charge is -2.15. The Bertz CT molecular complexity index is 455. The van der Waals surface area contributed by atoms with Crippen LogP contribution in [-0.4, -0.2) is 24.4 Å². The van der Waals surface area contributed by atoms with E-state index >= 15 is 0 Å². The summed E-state index contributed by atoms with van der Waals surface area (Å²) in [6.45, 7) is 5.56. The van der Waals surface area contributed by atoms with Crippen LogP contribution in [0.1, 0.15) is 13.3 Å². The Morgan fingerprint density at radius 1 is 1.50 bits per heavy atom.